The fourth-order valence-corrected chi connectivity index (χ4v) is 3.28. The van der Waals surface area contributed by atoms with Crippen molar-refractivity contribution in [1.82, 2.24) is 4.90 Å². The summed E-state index contributed by atoms with van der Waals surface area (Å²) in [6.07, 6.45) is 6.56. The van der Waals surface area contributed by atoms with E-state index in [9.17, 15) is 0 Å². The van der Waals surface area contributed by atoms with Crippen LogP contribution in [0.25, 0.3) is 0 Å². The molecule has 0 aliphatic rings. The molecule has 0 amide bonds. The predicted octanol–water partition coefficient (Wildman–Crippen LogP) is 7.84. The van der Waals surface area contributed by atoms with Crippen molar-refractivity contribution >= 4 is 42.8 Å². The zero-order valence-corrected chi connectivity index (χ0v) is 22.2. The Bertz CT molecular complexity index is 512. The van der Waals surface area contributed by atoms with Crippen LogP contribution in [-0.4, -0.2) is 37.8 Å². The first-order valence-electron chi connectivity index (χ1n) is 10.4. The quantitative estimate of drug-likeness (QED) is 0.246. The normalized spacial score (nSPS) is 10.2. The highest BCUT2D eigenvalue weighted by Crippen LogP contribution is 2.36. The molecule has 0 saturated carbocycles. The van der Waals surface area contributed by atoms with E-state index in [0.717, 1.165) is 21.3 Å². The van der Waals surface area contributed by atoms with Crippen molar-refractivity contribution < 1.29 is 0 Å². The van der Waals surface area contributed by atoms with Crippen LogP contribution < -0.4 is 5.32 Å². The average molecular weight is 435 g/mol. The third kappa shape index (κ3) is 13.8. The molecule has 0 saturated heterocycles. The second-order valence-corrected chi connectivity index (χ2v) is 8.12. The van der Waals surface area contributed by atoms with E-state index in [2.05, 4.69) is 71.4 Å². The van der Waals surface area contributed by atoms with Crippen LogP contribution in [0.2, 0.25) is 0 Å². The standard InChI is InChI=1S/C16H28N2S2.C3H8.C2H6.CH4S/c1-6-10-18(5)11-8-7-9-17-13-12(16(2,3)4)14(19)15(13)20;1-3-2;2*1-2/h17H,6-11H2,1-5H3;3H2,1-2H3;1-2H3;2H,1H3. The van der Waals surface area contributed by atoms with Gasteiger partial charge in [-0.1, -0.05) is 86.2 Å². The van der Waals surface area contributed by atoms with Crippen molar-refractivity contribution in [3.8, 4) is 0 Å². The van der Waals surface area contributed by atoms with Crippen LogP contribution in [0.1, 0.15) is 86.6 Å². The molecule has 1 N–H and O–H groups in total. The van der Waals surface area contributed by atoms with Gasteiger partial charge in [0.25, 0.3) is 0 Å². The first-order valence-corrected chi connectivity index (χ1v) is 12.1. The third-order valence-corrected chi connectivity index (χ3v) is 4.48. The number of nitrogens with zero attached hydrogens (tertiary/aromatic N) is 1. The van der Waals surface area contributed by atoms with Crippen molar-refractivity contribution in [1.29, 1.82) is 0 Å². The molecule has 0 radical (unpaired) electrons. The molecule has 1 rings (SSSR count). The number of anilines is 1. The highest BCUT2D eigenvalue weighted by Gasteiger charge is 2.25. The second kappa shape index (κ2) is 19.4. The highest BCUT2D eigenvalue weighted by molar-refractivity contribution is 7.79. The molecular formula is C22H46N2S3. The van der Waals surface area contributed by atoms with E-state index >= 15 is 0 Å². The Morgan fingerprint density at radius 1 is 0.926 bits per heavy atom. The topological polar surface area (TPSA) is 15.3 Å². The molecule has 1 aromatic carbocycles. The Kier molecular flexibility index (Phi) is 22.7. The Morgan fingerprint density at radius 3 is 1.81 bits per heavy atom. The van der Waals surface area contributed by atoms with E-state index in [0.29, 0.717) is 0 Å². The Balaban J connectivity index is -0.000000725. The van der Waals surface area contributed by atoms with E-state index in [1.54, 1.807) is 6.26 Å². The molecule has 0 aliphatic carbocycles. The minimum atomic E-state index is 0.0864. The monoisotopic (exact) mass is 434 g/mol. The minimum absolute atomic E-state index is 0.0864. The number of unbranched alkanes of at least 4 members (excludes halogenated alkanes) is 1. The number of hydrogen-bond acceptors (Lipinski definition) is 5. The van der Waals surface area contributed by atoms with Crippen LogP contribution in [0.4, 0.5) is 5.69 Å². The van der Waals surface area contributed by atoms with Gasteiger partial charge in [0.1, 0.15) is 0 Å². The van der Waals surface area contributed by atoms with Gasteiger partial charge < -0.3 is 10.2 Å². The highest BCUT2D eigenvalue weighted by atomic mass is 32.1. The summed E-state index contributed by atoms with van der Waals surface area (Å²) in [6.45, 7) is 20.4. The average Bonchev–Trinajstić information content (AvgIpc) is 2.63. The lowest BCUT2D eigenvalue weighted by atomic mass is 9.83. The molecule has 0 heterocycles. The summed E-state index contributed by atoms with van der Waals surface area (Å²) in [5, 5.41) is 3.49. The smallest absolute Gasteiger partial charge is 0.0796 e. The van der Waals surface area contributed by atoms with Gasteiger partial charge in [-0.05, 0) is 51.1 Å². The van der Waals surface area contributed by atoms with Gasteiger partial charge in [0.05, 0.1) is 14.7 Å². The molecule has 27 heavy (non-hydrogen) atoms. The Labute approximate surface area is 186 Å². The van der Waals surface area contributed by atoms with Crippen molar-refractivity contribution in [3.05, 3.63) is 14.6 Å². The van der Waals surface area contributed by atoms with Crippen molar-refractivity contribution in [2.45, 2.75) is 86.5 Å². The maximum Gasteiger partial charge on any atom is 0.0796 e. The van der Waals surface area contributed by atoms with E-state index in [1.165, 1.54) is 44.3 Å². The van der Waals surface area contributed by atoms with Crippen LogP contribution in [0.3, 0.4) is 0 Å². The van der Waals surface area contributed by atoms with Gasteiger partial charge in [0.15, 0.2) is 0 Å². The van der Waals surface area contributed by atoms with E-state index in [-0.39, 0.29) is 5.41 Å². The molecular weight excluding hydrogens is 388 g/mol. The van der Waals surface area contributed by atoms with Crippen molar-refractivity contribution in [2.75, 3.05) is 38.3 Å². The van der Waals surface area contributed by atoms with Crippen LogP contribution in [0, 0.1) is 9.02 Å². The molecule has 162 valence electrons. The fourth-order valence-electron chi connectivity index (χ4n) is 2.49. The van der Waals surface area contributed by atoms with Gasteiger partial charge in [-0.3, -0.25) is 0 Å². The molecule has 0 atom stereocenters. The number of hydrogen-bond donors (Lipinski definition) is 2. The van der Waals surface area contributed by atoms with E-state index in [1.807, 2.05) is 13.8 Å². The first kappa shape index (κ1) is 31.7. The summed E-state index contributed by atoms with van der Waals surface area (Å²) in [5.74, 6) is 0. The van der Waals surface area contributed by atoms with Crippen LogP contribution >= 0.6 is 37.1 Å². The molecule has 0 spiro atoms. The largest absolute Gasteiger partial charge is 0.384 e. The SMILES string of the molecule is CC.CCC.CCCN(C)CCCCNc1c(C(C)(C)C)c(=S)c1=S.CS. The number of thiol groups is 1. The van der Waals surface area contributed by atoms with Gasteiger partial charge in [0, 0.05) is 12.1 Å². The second-order valence-electron chi connectivity index (χ2n) is 7.30. The summed E-state index contributed by atoms with van der Waals surface area (Å²) in [4.78, 5) is 2.39. The first-order chi connectivity index (χ1) is 12.7. The molecule has 1 aromatic rings. The Morgan fingerprint density at radius 2 is 1.41 bits per heavy atom. The molecule has 0 fully saturated rings. The van der Waals surface area contributed by atoms with Crippen LogP contribution in [-0.2, 0) is 5.41 Å². The maximum atomic E-state index is 5.37. The lowest BCUT2D eigenvalue weighted by Gasteiger charge is -2.27. The summed E-state index contributed by atoms with van der Waals surface area (Å²) in [5.41, 5.74) is 2.45. The van der Waals surface area contributed by atoms with Gasteiger partial charge in [-0.25, -0.2) is 0 Å². The lowest BCUT2D eigenvalue weighted by Crippen LogP contribution is -2.22. The minimum Gasteiger partial charge on any atom is -0.384 e. The zero-order valence-electron chi connectivity index (χ0n) is 19.7. The number of rotatable bonds is 8. The summed E-state index contributed by atoms with van der Waals surface area (Å²) in [6, 6.07) is 0. The molecule has 2 nitrogen and oxygen atoms in total. The molecule has 0 unspecified atom stereocenters. The summed E-state index contributed by atoms with van der Waals surface area (Å²) in [7, 11) is 2.19. The van der Waals surface area contributed by atoms with Gasteiger partial charge in [-0.2, -0.15) is 12.6 Å². The Hall–Kier alpha value is 0.0300. The molecule has 5 heteroatoms. The lowest BCUT2D eigenvalue weighted by molar-refractivity contribution is 0.328. The van der Waals surface area contributed by atoms with Gasteiger partial charge in [0.2, 0.25) is 0 Å². The van der Waals surface area contributed by atoms with Crippen LogP contribution in [0.15, 0.2) is 0 Å². The van der Waals surface area contributed by atoms with Gasteiger partial charge >= 0.3 is 0 Å². The predicted molar refractivity (Wildman–Crippen MR) is 137 cm³/mol. The third-order valence-electron chi connectivity index (χ3n) is 3.53. The zero-order chi connectivity index (χ0) is 22.0. The summed E-state index contributed by atoms with van der Waals surface area (Å²) < 4.78 is 1.74. The van der Waals surface area contributed by atoms with E-state index < -0.39 is 0 Å². The van der Waals surface area contributed by atoms with Crippen molar-refractivity contribution in [3.63, 3.8) is 0 Å². The van der Waals surface area contributed by atoms with Crippen molar-refractivity contribution in [2.24, 2.45) is 0 Å². The fraction of sp³-hybridized carbons (Fsp3) is 0.818. The summed E-state index contributed by atoms with van der Waals surface area (Å²) >= 11 is 14.3. The maximum absolute atomic E-state index is 5.37. The van der Waals surface area contributed by atoms with Gasteiger partial charge in [-0.15, -0.1) is 0 Å². The number of nitrogens with one attached hydrogen (secondary N) is 1. The molecule has 0 aromatic heterocycles. The van der Waals surface area contributed by atoms with Crippen LogP contribution in [0.5, 0.6) is 0 Å². The molecule has 0 aliphatic heterocycles. The van der Waals surface area contributed by atoms with E-state index in [4.69, 9.17) is 24.4 Å². The molecule has 0 bridgehead atoms.